The van der Waals surface area contributed by atoms with Crippen LogP contribution in [0.4, 0.5) is 5.95 Å². The third-order valence-electron chi connectivity index (χ3n) is 3.69. The fraction of sp³-hybridized carbons (Fsp3) is 0.357. The zero-order chi connectivity index (χ0) is 15.5. The first-order valence-corrected chi connectivity index (χ1v) is 7.35. The number of aliphatic hydroxyl groups is 1. The van der Waals surface area contributed by atoms with Crippen molar-refractivity contribution < 1.29 is 9.90 Å². The lowest BCUT2D eigenvalue weighted by molar-refractivity contribution is -0.140. The van der Waals surface area contributed by atoms with Gasteiger partial charge in [0.25, 0.3) is 5.91 Å². The maximum atomic E-state index is 12.4. The summed E-state index contributed by atoms with van der Waals surface area (Å²) in [5, 5.41) is 17.3. The van der Waals surface area contributed by atoms with Crippen LogP contribution in [0.15, 0.2) is 30.6 Å². The van der Waals surface area contributed by atoms with E-state index in [-0.39, 0.29) is 5.91 Å². The quantitative estimate of drug-likeness (QED) is 0.875. The van der Waals surface area contributed by atoms with Crippen LogP contribution in [0.3, 0.4) is 0 Å². The number of aromatic amines is 1. The summed E-state index contributed by atoms with van der Waals surface area (Å²) in [5.41, 5.74) is 0.509. The van der Waals surface area contributed by atoms with E-state index in [0.717, 1.165) is 0 Å². The van der Waals surface area contributed by atoms with Crippen LogP contribution in [-0.2, 0) is 4.79 Å². The number of hydrogen-bond acceptors (Lipinski definition) is 5. The lowest BCUT2D eigenvalue weighted by Crippen LogP contribution is -2.50. The Morgan fingerprint density at radius 3 is 2.73 bits per heavy atom. The van der Waals surface area contributed by atoms with Gasteiger partial charge in [-0.2, -0.15) is 10.1 Å². The number of halogens is 1. The van der Waals surface area contributed by atoms with Crippen molar-refractivity contribution in [2.75, 3.05) is 31.1 Å². The molecule has 0 saturated carbocycles. The number of carbonyl (C=O) groups excluding carboxylic acids is 1. The molecule has 1 fully saturated rings. The van der Waals surface area contributed by atoms with Gasteiger partial charge in [0, 0.05) is 31.2 Å². The maximum Gasteiger partial charge on any atom is 0.256 e. The van der Waals surface area contributed by atoms with Crippen LogP contribution in [0.2, 0.25) is 5.02 Å². The van der Waals surface area contributed by atoms with Crippen LogP contribution in [-0.4, -0.2) is 57.3 Å². The van der Waals surface area contributed by atoms with E-state index in [1.54, 1.807) is 29.2 Å². The number of benzene rings is 1. The normalized spacial score (nSPS) is 16.6. The molecule has 0 spiro atoms. The first-order chi connectivity index (χ1) is 10.6. The first-order valence-electron chi connectivity index (χ1n) is 6.98. The van der Waals surface area contributed by atoms with Gasteiger partial charge in [0.1, 0.15) is 6.33 Å². The summed E-state index contributed by atoms with van der Waals surface area (Å²) in [5.74, 6) is 0.391. The molecule has 7 nitrogen and oxygen atoms in total. The Morgan fingerprint density at radius 2 is 2.09 bits per heavy atom. The van der Waals surface area contributed by atoms with Crippen LogP contribution >= 0.6 is 11.6 Å². The number of carbonyl (C=O) groups is 1. The Morgan fingerprint density at radius 1 is 1.32 bits per heavy atom. The zero-order valence-electron chi connectivity index (χ0n) is 11.8. The van der Waals surface area contributed by atoms with E-state index in [1.165, 1.54) is 6.33 Å². The third-order valence-corrected chi connectivity index (χ3v) is 3.93. The molecule has 3 rings (SSSR count). The first kappa shape index (κ1) is 14.8. The average Bonchev–Trinajstić information content (AvgIpc) is 3.08. The lowest BCUT2D eigenvalue weighted by Gasteiger charge is -2.35. The Labute approximate surface area is 132 Å². The molecule has 0 radical (unpaired) electrons. The van der Waals surface area contributed by atoms with E-state index < -0.39 is 6.10 Å². The molecule has 1 atom stereocenters. The minimum absolute atomic E-state index is 0.306. The van der Waals surface area contributed by atoms with E-state index in [1.807, 2.05) is 4.90 Å². The number of H-pyrrole nitrogens is 1. The highest BCUT2D eigenvalue weighted by molar-refractivity contribution is 6.30. The van der Waals surface area contributed by atoms with Gasteiger partial charge in [-0.15, -0.1) is 0 Å². The second kappa shape index (κ2) is 6.33. The van der Waals surface area contributed by atoms with E-state index in [9.17, 15) is 9.90 Å². The Hall–Kier alpha value is -2.12. The molecule has 8 heteroatoms. The molecule has 2 heterocycles. The van der Waals surface area contributed by atoms with Crippen molar-refractivity contribution in [3.63, 3.8) is 0 Å². The predicted molar refractivity (Wildman–Crippen MR) is 81.6 cm³/mol. The molecule has 0 bridgehead atoms. The van der Waals surface area contributed by atoms with Crippen molar-refractivity contribution in [1.29, 1.82) is 0 Å². The van der Waals surface area contributed by atoms with Gasteiger partial charge in [-0.3, -0.25) is 4.79 Å². The standard InChI is InChI=1S/C14H16ClN5O2/c15-11-3-1-2-10(8-11)12(21)13(22)19-4-6-20(7-5-19)14-16-9-17-18-14/h1-3,8-9,12,21H,4-7H2,(H,16,17,18). The highest BCUT2D eigenvalue weighted by Gasteiger charge is 2.27. The van der Waals surface area contributed by atoms with E-state index >= 15 is 0 Å². The van der Waals surface area contributed by atoms with E-state index in [4.69, 9.17) is 11.6 Å². The second-order valence-electron chi connectivity index (χ2n) is 5.08. The minimum atomic E-state index is -1.18. The molecule has 1 aliphatic rings. The number of aromatic nitrogens is 3. The summed E-state index contributed by atoms with van der Waals surface area (Å²) in [7, 11) is 0. The summed E-state index contributed by atoms with van der Waals surface area (Å²) in [4.78, 5) is 20.1. The van der Waals surface area contributed by atoms with Crippen molar-refractivity contribution in [3.8, 4) is 0 Å². The number of hydrogen-bond donors (Lipinski definition) is 2. The molecule has 1 amide bonds. The Kier molecular flexibility index (Phi) is 4.26. The lowest BCUT2D eigenvalue weighted by atomic mass is 10.1. The molecule has 22 heavy (non-hydrogen) atoms. The van der Waals surface area contributed by atoms with Crippen LogP contribution < -0.4 is 4.90 Å². The zero-order valence-corrected chi connectivity index (χ0v) is 12.6. The van der Waals surface area contributed by atoms with Gasteiger partial charge in [0.05, 0.1) is 0 Å². The van der Waals surface area contributed by atoms with Crippen molar-refractivity contribution in [1.82, 2.24) is 20.1 Å². The number of anilines is 1. The van der Waals surface area contributed by atoms with Gasteiger partial charge >= 0.3 is 0 Å². The molecule has 1 unspecified atom stereocenters. The fourth-order valence-corrected chi connectivity index (χ4v) is 2.68. The number of rotatable bonds is 3. The largest absolute Gasteiger partial charge is 0.378 e. The molecule has 1 aromatic heterocycles. The second-order valence-corrected chi connectivity index (χ2v) is 5.52. The van der Waals surface area contributed by atoms with Crippen molar-refractivity contribution >= 4 is 23.5 Å². The van der Waals surface area contributed by atoms with E-state index in [0.29, 0.717) is 42.7 Å². The summed E-state index contributed by atoms with van der Waals surface area (Å²) in [6.45, 7) is 2.33. The fourth-order valence-electron chi connectivity index (χ4n) is 2.48. The highest BCUT2D eigenvalue weighted by atomic mass is 35.5. The van der Waals surface area contributed by atoms with Gasteiger partial charge in [0.15, 0.2) is 6.10 Å². The van der Waals surface area contributed by atoms with Crippen LogP contribution in [0.1, 0.15) is 11.7 Å². The monoisotopic (exact) mass is 321 g/mol. The number of nitrogens with zero attached hydrogens (tertiary/aromatic N) is 4. The van der Waals surface area contributed by atoms with Gasteiger partial charge in [-0.25, -0.2) is 5.10 Å². The number of amides is 1. The highest BCUT2D eigenvalue weighted by Crippen LogP contribution is 2.20. The Balaban J connectivity index is 1.62. The molecular formula is C14H16ClN5O2. The van der Waals surface area contributed by atoms with Crippen molar-refractivity contribution in [2.24, 2.45) is 0 Å². The number of nitrogens with one attached hydrogen (secondary N) is 1. The van der Waals surface area contributed by atoms with Crippen molar-refractivity contribution in [3.05, 3.63) is 41.2 Å². The summed E-state index contributed by atoms with van der Waals surface area (Å²) < 4.78 is 0. The van der Waals surface area contributed by atoms with Gasteiger partial charge in [-0.05, 0) is 17.7 Å². The molecule has 1 saturated heterocycles. The molecule has 1 aromatic carbocycles. The molecule has 1 aliphatic heterocycles. The maximum absolute atomic E-state index is 12.4. The molecule has 116 valence electrons. The van der Waals surface area contributed by atoms with Gasteiger partial charge in [0.2, 0.25) is 5.95 Å². The topological polar surface area (TPSA) is 85.3 Å². The molecule has 2 aromatic rings. The smallest absolute Gasteiger partial charge is 0.256 e. The minimum Gasteiger partial charge on any atom is -0.378 e. The molecule has 0 aliphatic carbocycles. The number of aliphatic hydroxyl groups excluding tert-OH is 1. The average molecular weight is 322 g/mol. The molecule has 2 N–H and O–H groups in total. The van der Waals surface area contributed by atoms with Crippen LogP contribution in [0.25, 0.3) is 0 Å². The SMILES string of the molecule is O=C(C(O)c1cccc(Cl)c1)N1CCN(c2ncn[nH]2)CC1. The summed E-state index contributed by atoms with van der Waals surface area (Å²) in [6, 6.07) is 6.72. The summed E-state index contributed by atoms with van der Waals surface area (Å²) in [6.07, 6.45) is 0.269. The van der Waals surface area contributed by atoms with Crippen LogP contribution in [0.5, 0.6) is 0 Å². The summed E-state index contributed by atoms with van der Waals surface area (Å²) >= 11 is 5.90. The molecular weight excluding hydrogens is 306 g/mol. The van der Waals surface area contributed by atoms with Crippen LogP contribution in [0, 0.1) is 0 Å². The van der Waals surface area contributed by atoms with Gasteiger partial charge < -0.3 is 14.9 Å². The number of piperazine rings is 1. The Bertz CT molecular complexity index is 640. The van der Waals surface area contributed by atoms with Crippen molar-refractivity contribution in [2.45, 2.75) is 6.10 Å². The predicted octanol–water partition coefficient (Wildman–Crippen LogP) is 0.840. The van der Waals surface area contributed by atoms with E-state index in [2.05, 4.69) is 15.2 Å². The third kappa shape index (κ3) is 3.05. The van der Waals surface area contributed by atoms with Gasteiger partial charge in [-0.1, -0.05) is 23.7 Å².